The van der Waals surface area contributed by atoms with Gasteiger partial charge in [0.05, 0.1) is 22.9 Å². The van der Waals surface area contributed by atoms with Gasteiger partial charge in [0.15, 0.2) is 0 Å². The molecule has 118 valence electrons. The topological polar surface area (TPSA) is 101 Å². The summed E-state index contributed by atoms with van der Waals surface area (Å²) in [5, 5.41) is 6.65. The lowest BCUT2D eigenvalue weighted by Crippen LogP contribution is -2.22. The first-order valence-corrected chi connectivity index (χ1v) is 9.00. The van der Waals surface area contributed by atoms with Gasteiger partial charge in [-0.1, -0.05) is 4.49 Å². The zero-order chi connectivity index (χ0) is 16.2. The van der Waals surface area contributed by atoms with Crippen molar-refractivity contribution in [3.63, 3.8) is 0 Å². The van der Waals surface area contributed by atoms with Gasteiger partial charge in [0.2, 0.25) is 10.0 Å². The summed E-state index contributed by atoms with van der Waals surface area (Å²) in [7, 11) is -3.31. The van der Waals surface area contributed by atoms with Gasteiger partial charge in [0, 0.05) is 11.3 Å². The summed E-state index contributed by atoms with van der Waals surface area (Å²) in [5.41, 5.74) is 1.69. The van der Waals surface area contributed by atoms with E-state index in [1.165, 1.54) is 11.5 Å². The van der Waals surface area contributed by atoms with E-state index in [0.717, 1.165) is 10.6 Å². The quantitative estimate of drug-likeness (QED) is 0.830. The number of anilines is 1. The molecule has 22 heavy (non-hydrogen) atoms. The predicted molar refractivity (Wildman–Crippen MR) is 85.3 cm³/mol. The van der Waals surface area contributed by atoms with Crippen LogP contribution in [0, 0.1) is 6.92 Å². The summed E-state index contributed by atoms with van der Waals surface area (Å²) in [6.07, 6.45) is 0. The molecule has 0 unspecified atom stereocenters. The van der Waals surface area contributed by atoms with E-state index in [4.69, 9.17) is 0 Å². The van der Waals surface area contributed by atoms with E-state index in [1.54, 1.807) is 31.2 Å². The molecule has 0 atom stereocenters. The maximum absolute atomic E-state index is 12.0. The van der Waals surface area contributed by atoms with Crippen LogP contribution in [0.15, 0.2) is 24.3 Å². The van der Waals surface area contributed by atoms with Gasteiger partial charge in [-0.2, -0.15) is 0 Å². The summed E-state index contributed by atoms with van der Waals surface area (Å²) < 4.78 is 29.1. The third-order valence-corrected chi connectivity index (χ3v) is 5.09. The highest BCUT2D eigenvalue weighted by atomic mass is 32.2. The fraction of sp³-hybridized carbons (Fsp3) is 0.308. The molecule has 1 aromatic heterocycles. The van der Waals surface area contributed by atoms with Gasteiger partial charge in [0.1, 0.15) is 0 Å². The highest BCUT2D eigenvalue weighted by Gasteiger charge is 2.10. The minimum absolute atomic E-state index is 0.00251. The molecule has 0 aliphatic carbocycles. The Morgan fingerprint density at radius 3 is 2.50 bits per heavy atom. The number of rotatable bonds is 6. The molecule has 0 spiro atoms. The second-order valence-electron chi connectivity index (χ2n) is 4.55. The SMILES string of the molecule is CCS(=O)(=O)Nc1ccc(C(=O)NCc2snnc2C)cc1. The molecule has 1 aromatic carbocycles. The molecular weight excluding hydrogens is 324 g/mol. The Kier molecular flexibility index (Phi) is 5.09. The fourth-order valence-electron chi connectivity index (χ4n) is 1.62. The zero-order valence-electron chi connectivity index (χ0n) is 12.2. The summed E-state index contributed by atoms with van der Waals surface area (Å²) in [5.74, 6) is -0.241. The number of carbonyl (C=O) groups is 1. The van der Waals surface area contributed by atoms with Gasteiger partial charge in [-0.25, -0.2) is 8.42 Å². The monoisotopic (exact) mass is 340 g/mol. The van der Waals surface area contributed by atoms with Gasteiger partial charge >= 0.3 is 0 Å². The summed E-state index contributed by atoms with van der Waals surface area (Å²) in [4.78, 5) is 12.9. The number of nitrogens with one attached hydrogen (secondary N) is 2. The Morgan fingerprint density at radius 2 is 1.95 bits per heavy atom. The van der Waals surface area contributed by atoms with Crippen LogP contribution in [-0.4, -0.2) is 29.7 Å². The third-order valence-electron chi connectivity index (χ3n) is 2.96. The van der Waals surface area contributed by atoms with Crippen LogP contribution in [0.2, 0.25) is 0 Å². The number of nitrogens with zero attached hydrogens (tertiary/aromatic N) is 2. The van der Waals surface area contributed by atoms with Gasteiger partial charge in [0.25, 0.3) is 5.91 Å². The number of hydrogen-bond acceptors (Lipinski definition) is 6. The molecule has 1 amide bonds. The maximum atomic E-state index is 12.0. The standard InChI is InChI=1S/C13H16N4O3S2/c1-3-22(19,20)16-11-6-4-10(5-7-11)13(18)14-8-12-9(2)15-17-21-12/h4-7,16H,3,8H2,1-2H3,(H,14,18). The second kappa shape index (κ2) is 6.84. The highest BCUT2D eigenvalue weighted by Crippen LogP contribution is 2.12. The molecule has 1 heterocycles. The van der Waals surface area contributed by atoms with Gasteiger partial charge in [-0.15, -0.1) is 5.10 Å². The molecule has 0 aliphatic heterocycles. The Bertz CT molecular complexity index is 754. The average Bonchev–Trinajstić information content (AvgIpc) is 2.90. The number of sulfonamides is 1. The largest absolute Gasteiger partial charge is 0.347 e. The molecule has 2 aromatic rings. The van der Waals surface area contributed by atoms with Crippen molar-refractivity contribution in [2.24, 2.45) is 0 Å². The molecular formula is C13H16N4O3S2. The van der Waals surface area contributed by atoms with E-state index < -0.39 is 10.0 Å². The molecule has 0 bridgehead atoms. The van der Waals surface area contributed by atoms with Crippen molar-refractivity contribution >= 4 is 33.2 Å². The maximum Gasteiger partial charge on any atom is 0.251 e. The van der Waals surface area contributed by atoms with Crippen LogP contribution < -0.4 is 10.0 Å². The Labute approximate surface area is 133 Å². The van der Waals surface area contributed by atoms with Crippen molar-refractivity contribution in [2.45, 2.75) is 20.4 Å². The molecule has 0 radical (unpaired) electrons. The van der Waals surface area contributed by atoms with E-state index in [2.05, 4.69) is 19.6 Å². The van der Waals surface area contributed by atoms with Crippen LogP contribution >= 0.6 is 11.5 Å². The molecule has 0 aliphatic rings. The minimum atomic E-state index is -3.31. The normalized spacial score (nSPS) is 11.2. The number of aryl methyl sites for hydroxylation is 1. The Hall–Kier alpha value is -2.00. The van der Waals surface area contributed by atoms with E-state index in [0.29, 0.717) is 17.8 Å². The van der Waals surface area contributed by atoms with Gasteiger partial charge in [-0.3, -0.25) is 9.52 Å². The molecule has 0 saturated heterocycles. The average molecular weight is 340 g/mol. The molecule has 9 heteroatoms. The minimum Gasteiger partial charge on any atom is -0.347 e. The molecule has 0 saturated carbocycles. The van der Waals surface area contributed by atoms with E-state index in [9.17, 15) is 13.2 Å². The smallest absolute Gasteiger partial charge is 0.251 e. The van der Waals surface area contributed by atoms with E-state index >= 15 is 0 Å². The third kappa shape index (κ3) is 4.25. The Balaban J connectivity index is 1.98. The van der Waals surface area contributed by atoms with Crippen molar-refractivity contribution in [2.75, 3.05) is 10.5 Å². The Morgan fingerprint density at radius 1 is 1.27 bits per heavy atom. The first kappa shape index (κ1) is 16.4. The van der Waals surface area contributed by atoms with Crippen molar-refractivity contribution in [1.29, 1.82) is 0 Å². The first-order chi connectivity index (χ1) is 10.4. The molecule has 2 N–H and O–H groups in total. The lowest BCUT2D eigenvalue weighted by Gasteiger charge is -2.07. The van der Waals surface area contributed by atoms with E-state index in [-0.39, 0.29) is 11.7 Å². The molecule has 7 nitrogen and oxygen atoms in total. The van der Waals surface area contributed by atoms with Crippen molar-refractivity contribution in [3.05, 3.63) is 40.4 Å². The molecule has 0 fully saturated rings. The van der Waals surface area contributed by atoms with Crippen molar-refractivity contribution in [1.82, 2.24) is 14.9 Å². The number of carbonyl (C=O) groups excluding carboxylic acids is 1. The van der Waals surface area contributed by atoms with Crippen molar-refractivity contribution in [3.8, 4) is 0 Å². The zero-order valence-corrected chi connectivity index (χ0v) is 13.8. The number of hydrogen-bond donors (Lipinski definition) is 2. The summed E-state index contributed by atoms with van der Waals surface area (Å²) in [6, 6.07) is 6.25. The van der Waals surface area contributed by atoms with Crippen LogP contribution in [0.4, 0.5) is 5.69 Å². The fourth-order valence-corrected chi connectivity index (χ4v) is 2.83. The molecule has 2 rings (SSSR count). The first-order valence-electron chi connectivity index (χ1n) is 6.58. The van der Waals surface area contributed by atoms with Crippen LogP contribution in [0.5, 0.6) is 0 Å². The van der Waals surface area contributed by atoms with E-state index in [1.807, 2.05) is 6.92 Å². The van der Waals surface area contributed by atoms with Crippen LogP contribution in [0.3, 0.4) is 0 Å². The van der Waals surface area contributed by atoms with Gasteiger partial charge < -0.3 is 5.32 Å². The number of aromatic nitrogens is 2. The summed E-state index contributed by atoms with van der Waals surface area (Å²) >= 11 is 1.25. The van der Waals surface area contributed by atoms with Crippen LogP contribution in [0.25, 0.3) is 0 Å². The van der Waals surface area contributed by atoms with Crippen LogP contribution in [-0.2, 0) is 16.6 Å². The predicted octanol–water partition coefficient (Wildman–Crippen LogP) is 1.54. The van der Waals surface area contributed by atoms with Gasteiger partial charge in [-0.05, 0) is 49.6 Å². The second-order valence-corrected chi connectivity index (χ2v) is 7.40. The number of amides is 1. The lowest BCUT2D eigenvalue weighted by atomic mass is 10.2. The lowest BCUT2D eigenvalue weighted by molar-refractivity contribution is 0.0951. The van der Waals surface area contributed by atoms with Crippen molar-refractivity contribution < 1.29 is 13.2 Å². The summed E-state index contributed by atoms with van der Waals surface area (Å²) in [6.45, 7) is 3.76. The number of benzene rings is 1. The van der Waals surface area contributed by atoms with Crippen LogP contribution in [0.1, 0.15) is 27.9 Å². The highest BCUT2D eigenvalue weighted by molar-refractivity contribution is 7.92.